The number of carbonyl (C=O) groups excluding carboxylic acids is 1. The summed E-state index contributed by atoms with van der Waals surface area (Å²) in [5.41, 5.74) is 12.4. The van der Waals surface area contributed by atoms with Crippen molar-refractivity contribution in [2.45, 2.75) is 44.6 Å². The second-order valence-corrected chi connectivity index (χ2v) is 6.13. The van der Waals surface area contributed by atoms with E-state index in [1.165, 1.54) is 32.0 Å². The second kappa shape index (κ2) is 8.27. The fourth-order valence-electron chi connectivity index (χ4n) is 2.92. The lowest BCUT2D eigenvalue weighted by atomic mass is 10.1. The molecule has 0 unspecified atom stereocenters. The highest BCUT2D eigenvalue weighted by atomic mass is 16.2. The molecule has 8 nitrogen and oxygen atoms in total. The average Bonchev–Trinajstić information content (AvgIpc) is 2.91. The van der Waals surface area contributed by atoms with Gasteiger partial charge in [-0.05, 0) is 25.0 Å². The van der Waals surface area contributed by atoms with E-state index in [1.54, 1.807) is 24.5 Å². The number of anilines is 3. The van der Waals surface area contributed by atoms with E-state index in [1.807, 2.05) is 0 Å². The summed E-state index contributed by atoms with van der Waals surface area (Å²) in [6.07, 6.45) is 11.8. The molecule has 2 heterocycles. The zero-order chi connectivity index (χ0) is 17.5. The molecule has 0 spiro atoms. The summed E-state index contributed by atoms with van der Waals surface area (Å²) in [6.45, 7) is 0. The lowest BCUT2D eigenvalue weighted by Gasteiger charge is -2.19. The first-order valence-corrected chi connectivity index (χ1v) is 8.57. The minimum atomic E-state index is -0.293. The van der Waals surface area contributed by atoms with Crippen molar-refractivity contribution in [3.63, 3.8) is 0 Å². The number of pyridine rings is 1. The van der Waals surface area contributed by atoms with Gasteiger partial charge in [-0.2, -0.15) is 0 Å². The maximum absolute atomic E-state index is 12.1. The summed E-state index contributed by atoms with van der Waals surface area (Å²) in [6, 6.07) is 3.62. The largest absolute Gasteiger partial charge is 0.393 e. The van der Waals surface area contributed by atoms with Crippen molar-refractivity contribution in [2.24, 2.45) is 0 Å². The molecule has 0 radical (unpaired) electrons. The molecule has 0 saturated heterocycles. The predicted molar refractivity (Wildman–Crippen MR) is 96.9 cm³/mol. The monoisotopic (exact) mass is 341 g/mol. The van der Waals surface area contributed by atoms with Gasteiger partial charge >= 0.3 is 0 Å². The molecule has 132 valence electrons. The number of nitrogens with two attached hydrogens (primary N) is 1. The van der Waals surface area contributed by atoms with Crippen molar-refractivity contribution in [2.75, 3.05) is 16.5 Å². The SMILES string of the molecule is Nc1c(NNC(=O)c2ccncc2)ncnc1NC1CCCCCC1. The number of amides is 1. The van der Waals surface area contributed by atoms with Gasteiger partial charge in [0, 0.05) is 24.0 Å². The minimum absolute atomic E-state index is 0.293. The van der Waals surface area contributed by atoms with E-state index in [0.717, 1.165) is 12.8 Å². The topological polar surface area (TPSA) is 118 Å². The van der Waals surface area contributed by atoms with E-state index in [-0.39, 0.29) is 5.91 Å². The highest BCUT2D eigenvalue weighted by molar-refractivity contribution is 5.95. The Labute approximate surface area is 146 Å². The maximum Gasteiger partial charge on any atom is 0.269 e. The lowest BCUT2D eigenvalue weighted by Crippen LogP contribution is -2.30. The molecule has 3 rings (SSSR count). The van der Waals surface area contributed by atoms with Gasteiger partial charge < -0.3 is 11.1 Å². The number of aromatic nitrogens is 3. The molecule has 2 aromatic rings. The standard InChI is InChI=1S/C17H23N7O/c18-14-15(22-13-5-3-1-2-4-6-13)20-11-21-16(14)23-24-17(25)12-7-9-19-10-8-12/h7-11,13H,1-6,18H2,(H,24,25)(H2,20,21,22,23). The lowest BCUT2D eigenvalue weighted by molar-refractivity contribution is 0.0962. The fourth-order valence-corrected chi connectivity index (χ4v) is 2.92. The number of hydrogen-bond acceptors (Lipinski definition) is 7. The molecule has 1 amide bonds. The second-order valence-electron chi connectivity index (χ2n) is 6.13. The average molecular weight is 341 g/mol. The number of hydrogen-bond donors (Lipinski definition) is 4. The van der Waals surface area contributed by atoms with Gasteiger partial charge in [0.25, 0.3) is 5.91 Å². The van der Waals surface area contributed by atoms with Crippen LogP contribution in [0.3, 0.4) is 0 Å². The molecule has 1 aliphatic rings. The Kier molecular flexibility index (Phi) is 5.61. The molecule has 8 heteroatoms. The molecule has 0 aliphatic heterocycles. The van der Waals surface area contributed by atoms with Crippen molar-refractivity contribution in [1.82, 2.24) is 20.4 Å². The molecule has 5 N–H and O–H groups in total. The smallest absolute Gasteiger partial charge is 0.269 e. The van der Waals surface area contributed by atoms with Crippen molar-refractivity contribution in [3.8, 4) is 0 Å². The van der Waals surface area contributed by atoms with Crippen LogP contribution in [0.1, 0.15) is 48.9 Å². The van der Waals surface area contributed by atoms with Crippen LogP contribution < -0.4 is 21.9 Å². The van der Waals surface area contributed by atoms with Crippen molar-refractivity contribution in [3.05, 3.63) is 36.4 Å². The molecule has 1 fully saturated rings. The van der Waals surface area contributed by atoms with Crippen molar-refractivity contribution in [1.29, 1.82) is 0 Å². The molecule has 0 bridgehead atoms. The molecule has 25 heavy (non-hydrogen) atoms. The van der Waals surface area contributed by atoms with E-state index in [0.29, 0.717) is 28.9 Å². The van der Waals surface area contributed by atoms with E-state index >= 15 is 0 Å². The van der Waals surface area contributed by atoms with Crippen LogP contribution in [-0.2, 0) is 0 Å². The van der Waals surface area contributed by atoms with Gasteiger partial charge in [-0.3, -0.25) is 20.6 Å². The third-order valence-corrected chi connectivity index (χ3v) is 4.32. The number of rotatable bonds is 5. The fraction of sp³-hybridized carbons (Fsp3) is 0.412. The van der Waals surface area contributed by atoms with Crippen LogP contribution in [0.15, 0.2) is 30.9 Å². The first-order chi connectivity index (χ1) is 12.2. The van der Waals surface area contributed by atoms with E-state index in [9.17, 15) is 4.79 Å². The number of nitrogens with one attached hydrogen (secondary N) is 3. The van der Waals surface area contributed by atoms with Crippen molar-refractivity contribution >= 4 is 23.2 Å². The molecule has 2 aromatic heterocycles. The zero-order valence-electron chi connectivity index (χ0n) is 14.0. The van der Waals surface area contributed by atoms with Crippen LogP contribution >= 0.6 is 0 Å². The van der Waals surface area contributed by atoms with Crippen LogP contribution in [0, 0.1) is 0 Å². The third-order valence-electron chi connectivity index (χ3n) is 4.32. The quantitative estimate of drug-likeness (QED) is 0.487. The molecule has 1 aliphatic carbocycles. The number of nitrogen functional groups attached to an aromatic ring is 1. The Bertz CT molecular complexity index is 699. The van der Waals surface area contributed by atoms with Crippen LogP contribution in [0.5, 0.6) is 0 Å². The summed E-state index contributed by atoms with van der Waals surface area (Å²) in [5, 5.41) is 3.41. The van der Waals surface area contributed by atoms with Crippen LogP contribution in [-0.4, -0.2) is 26.9 Å². The van der Waals surface area contributed by atoms with E-state index < -0.39 is 0 Å². The summed E-state index contributed by atoms with van der Waals surface area (Å²) in [5.74, 6) is 0.676. The van der Waals surface area contributed by atoms with Gasteiger partial charge in [-0.1, -0.05) is 25.7 Å². The number of nitrogens with zero attached hydrogens (tertiary/aromatic N) is 3. The Morgan fingerprint density at radius 2 is 1.72 bits per heavy atom. The predicted octanol–water partition coefficient (Wildman–Crippen LogP) is 2.35. The zero-order valence-corrected chi connectivity index (χ0v) is 14.0. The van der Waals surface area contributed by atoms with Gasteiger partial charge in [0.05, 0.1) is 0 Å². The summed E-state index contributed by atoms with van der Waals surface area (Å²) >= 11 is 0. The highest BCUT2D eigenvalue weighted by Gasteiger charge is 2.16. The summed E-state index contributed by atoms with van der Waals surface area (Å²) < 4.78 is 0. The minimum Gasteiger partial charge on any atom is -0.393 e. The Balaban J connectivity index is 1.63. The molecule has 0 atom stereocenters. The van der Waals surface area contributed by atoms with Gasteiger partial charge in [-0.25, -0.2) is 9.97 Å². The van der Waals surface area contributed by atoms with Crippen LogP contribution in [0.4, 0.5) is 17.3 Å². The number of hydrazine groups is 1. The molecule has 1 saturated carbocycles. The third kappa shape index (κ3) is 4.56. The van der Waals surface area contributed by atoms with Gasteiger partial charge in [0.15, 0.2) is 11.6 Å². The Morgan fingerprint density at radius 3 is 2.44 bits per heavy atom. The van der Waals surface area contributed by atoms with Crippen LogP contribution in [0.2, 0.25) is 0 Å². The Hall–Kier alpha value is -2.90. The molecular formula is C17H23N7O. The highest BCUT2D eigenvalue weighted by Crippen LogP contribution is 2.26. The summed E-state index contributed by atoms with van der Waals surface area (Å²) in [4.78, 5) is 24.3. The van der Waals surface area contributed by atoms with Crippen LogP contribution in [0.25, 0.3) is 0 Å². The van der Waals surface area contributed by atoms with Gasteiger partial charge in [0.2, 0.25) is 0 Å². The van der Waals surface area contributed by atoms with Gasteiger partial charge in [0.1, 0.15) is 12.0 Å². The van der Waals surface area contributed by atoms with Gasteiger partial charge in [-0.15, -0.1) is 0 Å². The first kappa shape index (κ1) is 16.9. The van der Waals surface area contributed by atoms with E-state index in [4.69, 9.17) is 5.73 Å². The normalized spacial score (nSPS) is 15.2. The van der Waals surface area contributed by atoms with E-state index in [2.05, 4.69) is 31.1 Å². The number of carbonyl (C=O) groups is 1. The molecule has 0 aromatic carbocycles. The summed E-state index contributed by atoms with van der Waals surface area (Å²) in [7, 11) is 0. The molecular weight excluding hydrogens is 318 g/mol. The first-order valence-electron chi connectivity index (χ1n) is 8.57. The maximum atomic E-state index is 12.1. The van der Waals surface area contributed by atoms with Crippen molar-refractivity contribution < 1.29 is 4.79 Å². The Morgan fingerprint density at radius 1 is 1.04 bits per heavy atom.